The molecule has 3 aromatic heterocycles. The van der Waals surface area contributed by atoms with Crippen LogP contribution in [-0.4, -0.2) is 63.7 Å². The van der Waals surface area contributed by atoms with Crippen molar-refractivity contribution >= 4 is 39.9 Å². The molecule has 9 nitrogen and oxygen atoms in total. The Kier molecular flexibility index (Phi) is 7.13. The summed E-state index contributed by atoms with van der Waals surface area (Å²) in [4.78, 5) is 43.0. The van der Waals surface area contributed by atoms with Gasteiger partial charge in [-0.3, -0.25) is 14.8 Å². The monoisotopic (exact) mass is 506 g/mol. The van der Waals surface area contributed by atoms with Crippen molar-refractivity contribution in [3.05, 3.63) is 45.4 Å². The SMILES string of the molecule is CCOC(=O)c1sc(N2CC[C@@H](NC(=O)c3[nH]c(C)c(Cl)c3C)[C@@H](F)C2)nc1-c1cnccn1. The maximum atomic E-state index is 15.1. The first-order valence-corrected chi connectivity index (χ1v) is 12.0. The maximum absolute atomic E-state index is 15.1. The Morgan fingerprint density at radius 3 is 2.79 bits per heavy atom. The Bertz CT molecular complexity index is 1200. The van der Waals surface area contributed by atoms with Gasteiger partial charge < -0.3 is 19.9 Å². The lowest BCUT2D eigenvalue weighted by atomic mass is 10.0. The average Bonchev–Trinajstić information content (AvgIpc) is 3.39. The van der Waals surface area contributed by atoms with Crippen LogP contribution in [0.15, 0.2) is 18.6 Å². The van der Waals surface area contributed by atoms with E-state index in [1.54, 1.807) is 25.7 Å². The van der Waals surface area contributed by atoms with Crippen molar-refractivity contribution in [2.24, 2.45) is 0 Å². The van der Waals surface area contributed by atoms with Gasteiger partial charge in [0.05, 0.1) is 30.4 Å². The van der Waals surface area contributed by atoms with Crippen molar-refractivity contribution in [1.82, 2.24) is 25.3 Å². The molecule has 0 saturated carbocycles. The minimum atomic E-state index is -1.33. The number of nitrogens with zero attached hydrogens (tertiary/aromatic N) is 4. The summed E-state index contributed by atoms with van der Waals surface area (Å²) in [7, 11) is 0. The molecule has 0 bridgehead atoms. The summed E-state index contributed by atoms with van der Waals surface area (Å²) < 4.78 is 20.3. The number of alkyl halides is 1. The number of carbonyl (C=O) groups excluding carboxylic acids is 2. The van der Waals surface area contributed by atoms with E-state index in [1.165, 1.54) is 18.6 Å². The van der Waals surface area contributed by atoms with Gasteiger partial charge in [0.25, 0.3) is 5.91 Å². The summed E-state index contributed by atoms with van der Waals surface area (Å²) in [6.45, 7) is 5.92. The Balaban J connectivity index is 1.50. The van der Waals surface area contributed by atoms with Gasteiger partial charge in [-0.05, 0) is 32.8 Å². The summed E-state index contributed by atoms with van der Waals surface area (Å²) >= 11 is 7.29. The number of carbonyl (C=O) groups is 2. The van der Waals surface area contributed by atoms with Crippen LogP contribution < -0.4 is 10.2 Å². The summed E-state index contributed by atoms with van der Waals surface area (Å²) in [5, 5.41) is 3.76. The molecule has 2 N–H and O–H groups in total. The number of rotatable bonds is 6. The number of piperidine rings is 1. The van der Waals surface area contributed by atoms with Crippen molar-refractivity contribution in [3.8, 4) is 11.4 Å². The van der Waals surface area contributed by atoms with E-state index in [1.807, 2.05) is 0 Å². The molecule has 34 heavy (non-hydrogen) atoms. The fraction of sp³-hybridized carbons (Fsp3) is 0.409. The lowest BCUT2D eigenvalue weighted by Crippen LogP contribution is -2.52. The van der Waals surface area contributed by atoms with Crippen LogP contribution in [0.5, 0.6) is 0 Å². The highest BCUT2D eigenvalue weighted by Gasteiger charge is 2.34. The largest absolute Gasteiger partial charge is 0.462 e. The average molecular weight is 507 g/mol. The van der Waals surface area contributed by atoms with E-state index in [4.69, 9.17) is 16.3 Å². The number of H-pyrrole nitrogens is 1. The Hall–Kier alpha value is -3.05. The van der Waals surface area contributed by atoms with Crippen molar-refractivity contribution in [2.45, 2.75) is 39.4 Å². The first-order chi connectivity index (χ1) is 16.3. The van der Waals surface area contributed by atoms with Gasteiger partial charge in [0.15, 0.2) is 5.13 Å². The number of nitrogens with one attached hydrogen (secondary N) is 2. The van der Waals surface area contributed by atoms with Crippen LogP contribution >= 0.6 is 22.9 Å². The zero-order valence-corrected chi connectivity index (χ0v) is 20.5. The van der Waals surface area contributed by atoms with Gasteiger partial charge in [-0.15, -0.1) is 0 Å². The molecule has 180 valence electrons. The Morgan fingerprint density at radius 2 is 2.18 bits per heavy atom. The highest BCUT2D eigenvalue weighted by molar-refractivity contribution is 7.17. The summed E-state index contributed by atoms with van der Waals surface area (Å²) in [5.74, 6) is -0.904. The van der Waals surface area contributed by atoms with Gasteiger partial charge in [0.1, 0.15) is 28.1 Å². The molecule has 0 radical (unpaired) electrons. The third-order valence-electron chi connectivity index (χ3n) is 5.58. The van der Waals surface area contributed by atoms with Crippen LogP contribution in [0.25, 0.3) is 11.4 Å². The lowest BCUT2D eigenvalue weighted by Gasteiger charge is -2.34. The van der Waals surface area contributed by atoms with Crippen LogP contribution in [-0.2, 0) is 4.74 Å². The molecule has 0 unspecified atom stereocenters. The van der Waals surface area contributed by atoms with Gasteiger partial charge in [0, 0.05) is 24.6 Å². The molecule has 1 amide bonds. The van der Waals surface area contributed by atoms with E-state index in [2.05, 4.69) is 25.3 Å². The molecule has 1 fully saturated rings. The zero-order chi connectivity index (χ0) is 24.4. The van der Waals surface area contributed by atoms with Crippen LogP contribution in [0.2, 0.25) is 5.02 Å². The molecule has 12 heteroatoms. The standard InChI is InChI=1S/C22H24ClFN6O3S/c1-4-33-21(32)19-18(15-9-25-6-7-26-15)29-22(34-19)30-8-5-14(13(24)10-30)28-20(31)17-11(2)16(23)12(3)27-17/h6-7,9,13-14,27H,4-5,8,10H2,1-3H3,(H,28,31)/t13-,14+/m0/s1. The van der Waals surface area contributed by atoms with Crippen molar-refractivity contribution in [1.29, 1.82) is 0 Å². The van der Waals surface area contributed by atoms with Crippen LogP contribution in [0.1, 0.15) is 44.8 Å². The molecule has 1 aliphatic heterocycles. The second kappa shape index (κ2) is 10.1. The number of amides is 1. The number of aromatic amines is 1. The summed E-state index contributed by atoms with van der Waals surface area (Å²) in [5.41, 5.74) is 2.45. The van der Waals surface area contributed by atoms with Crippen LogP contribution in [0.3, 0.4) is 0 Å². The number of halogens is 2. The second-order valence-corrected chi connectivity index (χ2v) is 9.24. The first-order valence-electron chi connectivity index (χ1n) is 10.8. The number of hydrogen-bond acceptors (Lipinski definition) is 8. The summed E-state index contributed by atoms with van der Waals surface area (Å²) in [6, 6.07) is -0.658. The number of ether oxygens (including phenoxy) is 1. The highest BCUT2D eigenvalue weighted by Crippen LogP contribution is 2.34. The number of hydrogen-bond donors (Lipinski definition) is 2. The minimum absolute atomic E-state index is 0.0180. The third-order valence-corrected chi connectivity index (χ3v) is 7.25. The molecule has 3 aromatic rings. The molecule has 1 saturated heterocycles. The van der Waals surface area contributed by atoms with Gasteiger partial charge >= 0.3 is 5.97 Å². The lowest BCUT2D eigenvalue weighted by molar-refractivity contribution is 0.0532. The predicted molar refractivity (Wildman–Crippen MR) is 127 cm³/mol. The maximum Gasteiger partial charge on any atom is 0.350 e. The normalized spacial score (nSPS) is 18.1. The second-order valence-electron chi connectivity index (χ2n) is 7.88. The van der Waals surface area contributed by atoms with Crippen molar-refractivity contribution in [2.75, 3.05) is 24.6 Å². The highest BCUT2D eigenvalue weighted by atomic mass is 35.5. The molecule has 4 heterocycles. The molecule has 0 aliphatic carbocycles. The molecule has 0 aromatic carbocycles. The Labute approximate surface area is 204 Å². The fourth-order valence-electron chi connectivity index (χ4n) is 3.81. The number of thiazole rings is 1. The topological polar surface area (TPSA) is 113 Å². The smallest absolute Gasteiger partial charge is 0.350 e. The number of esters is 1. The quantitative estimate of drug-likeness (QED) is 0.490. The van der Waals surface area contributed by atoms with E-state index in [-0.39, 0.29) is 18.0 Å². The number of anilines is 1. The van der Waals surface area contributed by atoms with E-state index < -0.39 is 24.1 Å². The first kappa shape index (κ1) is 24.1. The molecular weight excluding hydrogens is 483 g/mol. The molecule has 1 aliphatic rings. The summed E-state index contributed by atoms with van der Waals surface area (Å²) in [6.07, 6.45) is 3.58. The molecule has 0 spiro atoms. The van der Waals surface area contributed by atoms with E-state index in [0.29, 0.717) is 51.5 Å². The molecular formula is C22H24ClFN6O3S. The van der Waals surface area contributed by atoms with Crippen LogP contribution in [0.4, 0.5) is 9.52 Å². The third kappa shape index (κ3) is 4.76. The van der Waals surface area contributed by atoms with Gasteiger partial charge in [-0.25, -0.2) is 14.2 Å². The fourth-order valence-corrected chi connectivity index (χ4v) is 4.96. The van der Waals surface area contributed by atoms with Crippen molar-refractivity contribution in [3.63, 3.8) is 0 Å². The number of aryl methyl sites for hydroxylation is 1. The van der Waals surface area contributed by atoms with Gasteiger partial charge in [-0.2, -0.15) is 0 Å². The molecule has 2 atom stereocenters. The zero-order valence-electron chi connectivity index (χ0n) is 18.9. The minimum Gasteiger partial charge on any atom is -0.462 e. The van der Waals surface area contributed by atoms with Gasteiger partial charge in [-0.1, -0.05) is 22.9 Å². The number of aromatic nitrogens is 4. The Morgan fingerprint density at radius 1 is 1.38 bits per heavy atom. The predicted octanol–water partition coefficient (Wildman–Crippen LogP) is 3.72. The van der Waals surface area contributed by atoms with Crippen LogP contribution in [0, 0.1) is 13.8 Å². The van der Waals surface area contributed by atoms with Gasteiger partial charge in [0.2, 0.25) is 0 Å². The molecule has 4 rings (SSSR count). The van der Waals surface area contributed by atoms with E-state index in [9.17, 15) is 9.59 Å². The van der Waals surface area contributed by atoms with E-state index >= 15 is 4.39 Å². The van der Waals surface area contributed by atoms with E-state index in [0.717, 1.165) is 11.3 Å². The van der Waals surface area contributed by atoms with Crippen molar-refractivity contribution < 1.29 is 18.7 Å².